The number of halogens is 4. The zero-order valence-corrected chi connectivity index (χ0v) is 15.6. The van der Waals surface area contributed by atoms with Crippen LogP contribution in [0.25, 0.3) is 0 Å². The minimum absolute atomic E-state index is 0.0756. The molecule has 4 N–H and O–H groups in total. The predicted molar refractivity (Wildman–Crippen MR) is 95.5 cm³/mol. The number of carbonyl (C=O) groups is 2. The van der Waals surface area contributed by atoms with E-state index in [9.17, 15) is 27.2 Å². The van der Waals surface area contributed by atoms with Gasteiger partial charge in [0.1, 0.15) is 6.61 Å². The number of hydrogen-bond acceptors (Lipinski definition) is 4. The maximum atomic E-state index is 13.2. The van der Waals surface area contributed by atoms with Crippen LogP contribution in [0.5, 0.6) is 5.75 Å². The third-order valence-corrected chi connectivity index (χ3v) is 4.37. The van der Waals surface area contributed by atoms with Crippen molar-refractivity contribution < 1.29 is 31.9 Å². The van der Waals surface area contributed by atoms with Crippen LogP contribution in [0.2, 0.25) is 0 Å². The molecule has 0 radical (unpaired) electrons. The Kier molecular flexibility index (Phi) is 10.5. The highest BCUT2D eigenvalue weighted by Gasteiger charge is 2.21. The summed E-state index contributed by atoms with van der Waals surface area (Å²) >= 11 is 0. The highest BCUT2D eigenvalue weighted by atomic mass is 19.2. The number of ketones is 1. The fraction of sp³-hybridized carbons (Fsp3) is 0.579. The highest BCUT2D eigenvalue weighted by Crippen LogP contribution is 2.26. The number of carbonyl (C=O) groups excluding carboxylic acids is 2. The summed E-state index contributed by atoms with van der Waals surface area (Å²) in [5, 5.41) is 0. The van der Waals surface area contributed by atoms with Gasteiger partial charge in [0.15, 0.2) is 23.2 Å². The smallest absolute Gasteiger partial charge is 0.220 e. The van der Waals surface area contributed by atoms with Crippen LogP contribution < -0.4 is 16.2 Å². The second-order valence-electron chi connectivity index (χ2n) is 6.61. The zero-order valence-electron chi connectivity index (χ0n) is 15.6. The molecule has 2 rings (SSSR count). The molecule has 1 fully saturated rings. The first-order valence-corrected chi connectivity index (χ1v) is 9.24. The minimum Gasteiger partial charge on any atom is -0.480 e. The van der Waals surface area contributed by atoms with Crippen LogP contribution in [0.15, 0.2) is 6.07 Å². The Morgan fingerprint density at radius 3 is 2.04 bits per heavy atom. The number of nitrogens with two attached hydrogens (primary N) is 2. The zero-order chi connectivity index (χ0) is 21.1. The van der Waals surface area contributed by atoms with Crippen molar-refractivity contribution in [3.8, 4) is 5.75 Å². The summed E-state index contributed by atoms with van der Waals surface area (Å²) in [6.07, 6.45) is 6.67. The molecule has 9 heteroatoms. The van der Waals surface area contributed by atoms with Gasteiger partial charge < -0.3 is 16.2 Å². The third kappa shape index (κ3) is 7.84. The molecule has 1 aromatic rings. The Balaban J connectivity index is 0.000000406. The molecule has 1 aliphatic rings. The van der Waals surface area contributed by atoms with E-state index in [1.54, 1.807) is 0 Å². The predicted octanol–water partition coefficient (Wildman–Crippen LogP) is 3.37. The van der Waals surface area contributed by atoms with Crippen molar-refractivity contribution in [2.45, 2.75) is 51.4 Å². The summed E-state index contributed by atoms with van der Waals surface area (Å²) in [5.41, 5.74) is 10.3. The highest BCUT2D eigenvalue weighted by molar-refractivity contribution is 5.79. The molecule has 0 spiro atoms. The summed E-state index contributed by atoms with van der Waals surface area (Å²) in [4.78, 5) is 21.8. The first-order chi connectivity index (χ1) is 13.3. The van der Waals surface area contributed by atoms with Gasteiger partial charge in [-0.3, -0.25) is 9.59 Å². The molecule has 28 heavy (non-hydrogen) atoms. The first-order valence-electron chi connectivity index (χ1n) is 9.24. The monoisotopic (exact) mass is 406 g/mol. The molecule has 0 atom stereocenters. The van der Waals surface area contributed by atoms with Gasteiger partial charge in [-0.25, -0.2) is 8.78 Å². The fourth-order valence-electron chi connectivity index (χ4n) is 2.76. The molecule has 1 aromatic carbocycles. The van der Waals surface area contributed by atoms with Gasteiger partial charge in [-0.1, -0.05) is 19.3 Å². The topological polar surface area (TPSA) is 95.4 Å². The number of primary amides is 1. The van der Waals surface area contributed by atoms with Gasteiger partial charge in [0.05, 0.1) is 0 Å². The summed E-state index contributed by atoms with van der Waals surface area (Å²) in [6, 6.07) is 0.0756. The molecule has 158 valence electrons. The summed E-state index contributed by atoms with van der Waals surface area (Å²) in [6.45, 7) is -0.122. The van der Waals surface area contributed by atoms with Crippen molar-refractivity contribution in [2.24, 2.45) is 17.4 Å². The molecule has 0 aliphatic heterocycles. The lowest BCUT2D eigenvalue weighted by Gasteiger charge is -2.08. The van der Waals surface area contributed by atoms with Gasteiger partial charge >= 0.3 is 0 Å². The Morgan fingerprint density at radius 2 is 1.57 bits per heavy atom. The Bertz CT molecular complexity index is 639. The lowest BCUT2D eigenvalue weighted by molar-refractivity contribution is -0.122. The van der Waals surface area contributed by atoms with Crippen LogP contribution in [0.3, 0.4) is 0 Å². The Morgan fingerprint density at radius 1 is 1.00 bits per heavy atom. The number of Topliss-reactive ketones (excluding diaryl/α,β-unsaturated/α-hetero) is 1. The van der Waals surface area contributed by atoms with E-state index >= 15 is 0 Å². The maximum absolute atomic E-state index is 13.2. The van der Waals surface area contributed by atoms with Crippen molar-refractivity contribution in [1.82, 2.24) is 0 Å². The van der Waals surface area contributed by atoms with Crippen LogP contribution in [-0.4, -0.2) is 24.8 Å². The summed E-state index contributed by atoms with van der Waals surface area (Å²) in [7, 11) is 0. The van der Waals surface area contributed by atoms with E-state index in [0.717, 1.165) is 25.7 Å². The van der Waals surface area contributed by atoms with Crippen LogP contribution >= 0.6 is 0 Å². The van der Waals surface area contributed by atoms with Gasteiger partial charge in [0, 0.05) is 18.4 Å². The molecule has 5 nitrogen and oxygen atoms in total. The second-order valence-corrected chi connectivity index (χ2v) is 6.61. The van der Waals surface area contributed by atoms with Crippen molar-refractivity contribution in [3.05, 3.63) is 29.3 Å². The molecule has 0 heterocycles. The Labute approximate surface area is 161 Å². The Hall–Kier alpha value is -2.16. The first kappa shape index (κ1) is 23.9. The molecule has 0 aromatic heterocycles. The number of hydrogen-bond donors (Lipinski definition) is 2. The normalized spacial score (nSPS) is 13.8. The molecular weight excluding hydrogens is 380 g/mol. The number of unbranched alkanes of at least 4 members (excludes halogenated alkanes) is 2. The molecule has 0 saturated heterocycles. The number of ether oxygens (including phenoxy) is 1. The van der Waals surface area contributed by atoms with Crippen LogP contribution in [0.1, 0.15) is 51.4 Å². The van der Waals surface area contributed by atoms with Crippen molar-refractivity contribution in [2.75, 3.05) is 13.2 Å². The van der Waals surface area contributed by atoms with Crippen LogP contribution in [-0.2, 0) is 9.59 Å². The lowest BCUT2D eigenvalue weighted by atomic mass is 10.1. The fourth-order valence-corrected chi connectivity index (χ4v) is 2.76. The molecule has 1 aliphatic carbocycles. The summed E-state index contributed by atoms with van der Waals surface area (Å²) in [5.74, 6) is -7.98. The minimum atomic E-state index is -1.65. The van der Waals surface area contributed by atoms with E-state index in [-0.39, 0.29) is 24.3 Å². The van der Waals surface area contributed by atoms with Gasteiger partial charge in [-0.15, -0.1) is 0 Å². The second kappa shape index (κ2) is 12.3. The number of amides is 1. The number of rotatable bonds is 9. The average molecular weight is 406 g/mol. The van der Waals surface area contributed by atoms with E-state index in [2.05, 4.69) is 4.74 Å². The van der Waals surface area contributed by atoms with Crippen LogP contribution in [0.4, 0.5) is 17.6 Å². The van der Waals surface area contributed by atoms with E-state index in [1.165, 1.54) is 12.8 Å². The van der Waals surface area contributed by atoms with Crippen molar-refractivity contribution in [3.63, 3.8) is 0 Å². The lowest BCUT2D eigenvalue weighted by Crippen LogP contribution is -2.19. The van der Waals surface area contributed by atoms with E-state index in [0.29, 0.717) is 13.0 Å². The molecule has 0 unspecified atom stereocenters. The summed E-state index contributed by atoms with van der Waals surface area (Å²) < 4.78 is 56.7. The largest absolute Gasteiger partial charge is 0.480 e. The number of benzene rings is 1. The van der Waals surface area contributed by atoms with Gasteiger partial charge in [-0.05, 0) is 32.2 Å². The average Bonchev–Trinajstić information content (AvgIpc) is 3.19. The molecule has 1 saturated carbocycles. The molecule has 0 bridgehead atoms. The third-order valence-electron chi connectivity index (χ3n) is 4.37. The van der Waals surface area contributed by atoms with Crippen molar-refractivity contribution in [1.29, 1.82) is 0 Å². The van der Waals surface area contributed by atoms with E-state index < -0.39 is 41.4 Å². The van der Waals surface area contributed by atoms with Gasteiger partial charge in [0.2, 0.25) is 17.5 Å². The maximum Gasteiger partial charge on any atom is 0.220 e. The SMILES string of the molecule is NC(=O)C1CCCC1.NCCCCCC(=O)COc1c(F)c(F)cc(F)c1F. The molecule has 1 amide bonds. The van der Waals surface area contributed by atoms with Crippen LogP contribution in [0, 0.1) is 29.2 Å². The quantitative estimate of drug-likeness (QED) is 0.373. The van der Waals surface area contributed by atoms with Gasteiger partial charge in [-0.2, -0.15) is 8.78 Å². The van der Waals surface area contributed by atoms with Gasteiger partial charge in [0.25, 0.3) is 0 Å². The van der Waals surface area contributed by atoms with E-state index in [1.807, 2.05) is 0 Å². The standard InChI is InChI=1S/C13H15F4NO2.C6H11NO/c14-9-6-10(15)12(17)13(11(9)16)20-7-8(19)4-2-1-3-5-18;7-6(8)5-3-1-2-4-5/h6H,1-5,7,18H2;5H,1-4H2,(H2,7,8). The molecular formula is C19H26F4N2O3. The van der Waals surface area contributed by atoms with Crippen molar-refractivity contribution >= 4 is 11.7 Å². The van der Waals surface area contributed by atoms with E-state index in [4.69, 9.17) is 11.5 Å².